The van der Waals surface area contributed by atoms with Crippen molar-refractivity contribution >= 4 is 28.9 Å². The fourth-order valence-corrected chi connectivity index (χ4v) is 2.15. The molecular weight excluding hydrogens is 258 g/mol. The van der Waals surface area contributed by atoms with E-state index in [2.05, 4.69) is 0 Å². The van der Waals surface area contributed by atoms with Crippen molar-refractivity contribution in [3.05, 3.63) is 33.3 Å². The third kappa shape index (κ3) is 2.30. The number of nitrogens with zero attached hydrogens (tertiary/aromatic N) is 2. The summed E-state index contributed by atoms with van der Waals surface area (Å²) in [6.45, 7) is 0.519. The lowest BCUT2D eigenvalue weighted by atomic mass is 10.0. The highest BCUT2D eigenvalue weighted by Gasteiger charge is 2.28. The van der Waals surface area contributed by atoms with E-state index in [1.54, 1.807) is 6.07 Å². The summed E-state index contributed by atoms with van der Waals surface area (Å²) in [4.78, 5) is 23.6. The van der Waals surface area contributed by atoms with Crippen LogP contribution >= 0.6 is 11.6 Å². The van der Waals surface area contributed by atoms with Gasteiger partial charge in [-0.05, 0) is 25.0 Å². The molecule has 1 aromatic carbocycles. The lowest BCUT2D eigenvalue weighted by Gasteiger charge is -2.30. The van der Waals surface area contributed by atoms with E-state index in [0.29, 0.717) is 18.7 Å². The number of carbonyl (C=O) groups is 1. The highest BCUT2D eigenvalue weighted by Crippen LogP contribution is 2.30. The predicted octanol–water partition coefficient (Wildman–Crippen LogP) is 1.70. The van der Waals surface area contributed by atoms with Crippen molar-refractivity contribution in [3.63, 3.8) is 0 Å². The van der Waals surface area contributed by atoms with Gasteiger partial charge in [0.15, 0.2) is 0 Å². The standard InChI is InChI=1S/C11H12ClN3O3/c12-8-4-3-7(6-10(8)15(17)18)14-5-1-2-9(13)11(14)16/h3-4,6,9H,1-2,5,13H2. The topological polar surface area (TPSA) is 89.5 Å². The molecule has 0 aromatic heterocycles. The predicted molar refractivity (Wildman–Crippen MR) is 67.7 cm³/mol. The number of halogens is 1. The Bertz CT molecular complexity index is 506. The lowest BCUT2D eigenvalue weighted by Crippen LogP contribution is -2.48. The van der Waals surface area contributed by atoms with Crippen molar-refractivity contribution in [2.75, 3.05) is 11.4 Å². The van der Waals surface area contributed by atoms with Crippen molar-refractivity contribution in [2.45, 2.75) is 18.9 Å². The summed E-state index contributed by atoms with van der Waals surface area (Å²) in [6.07, 6.45) is 1.42. The van der Waals surface area contributed by atoms with Gasteiger partial charge in [0.2, 0.25) is 5.91 Å². The number of nitro benzene ring substituents is 1. The quantitative estimate of drug-likeness (QED) is 0.654. The number of carbonyl (C=O) groups excluding carboxylic acids is 1. The first-order valence-corrected chi connectivity index (χ1v) is 5.89. The first-order chi connectivity index (χ1) is 8.50. The van der Waals surface area contributed by atoms with Crippen LogP contribution < -0.4 is 10.6 Å². The smallest absolute Gasteiger partial charge is 0.289 e. The maximum absolute atomic E-state index is 11.9. The molecule has 1 aliphatic rings. The summed E-state index contributed by atoms with van der Waals surface area (Å²) in [5.74, 6) is -0.210. The molecule has 1 heterocycles. The fraction of sp³-hybridized carbons (Fsp3) is 0.364. The summed E-state index contributed by atoms with van der Waals surface area (Å²) in [5.41, 5.74) is 5.94. The SMILES string of the molecule is NC1CCCN(c2ccc(Cl)c([N+](=O)[O-])c2)C1=O. The molecule has 0 saturated carbocycles. The lowest BCUT2D eigenvalue weighted by molar-refractivity contribution is -0.384. The minimum Gasteiger partial charge on any atom is -0.320 e. The van der Waals surface area contributed by atoms with Crippen LogP contribution in [0.15, 0.2) is 18.2 Å². The summed E-state index contributed by atoms with van der Waals surface area (Å²) in [5, 5.41) is 10.8. The van der Waals surface area contributed by atoms with Gasteiger partial charge in [-0.1, -0.05) is 11.6 Å². The zero-order chi connectivity index (χ0) is 13.3. The molecule has 1 unspecified atom stereocenters. The van der Waals surface area contributed by atoms with Gasteiger partial charge in [-0.25, -0.2) is 0 Å². The minimum atomic E-state index is -0.569. The van der Waals surface area contributed by atoms with E-state index in [1.807, 2.05) is 0 Å². The molecule has 2 N–H and O–H groups in total. The maximum atomic E-state index is 11.9. The third-order valence-corrected chi connectivity index (χ3v) is 3.24. The van der Waals surface area contributed by atoms with Crippen LogP contribution in [0, 0.1) is 10.1 Å². The van der Waals surface area contributed by atoms with E-state index >= 15 is 0 Å². The van der Waals surface area contributed by atoms with Crippen molar-refractivity contribution in [3.8, 4) is 0 Å². The number of nitrogens with two attached hydrogens (primary N) is 1. The summed E-state index contributed by atoms with van der Waals surface area (Å²) in [7, 11) is 0. The number of anilines is 1. The Hall–Kier alpha value is -1.66. The van der Waals surface area contributed by atoms with Crippen molar-refractivity contribution in [2.24, 2.45) is 5.73 Å². The molecule has 0 bridgehead atoms. The number of hydrogen-bond donors (Lipinski definition) is 1. The summed E-state index contributed by atoms with van der Waals surface area (Å²) < 4.78 is 0. The Labute approximate surface area is 108 Å². The normalized spacial score (nSPS) is 20.0. The Morgan fingerprint density at radius 2 is 2.22 bits per heavy atom. The van der Waals surface area contributed by atoms with Crippen LogP contribution in [0.2, 0.25) is 5.02 Å². The van der Waals surface area contributed by atoms with Gasteiger partial charge in [-0.2, -0.15) is 0 Å². The van der Waals surface area contributed by atoms with E-state index in [0.717, 1.165) is 6.42 Å². The summed E-state index contributed by atoms with van der Waals surface area (Å²) in [6, 6.07) is 3.78. The zero-order valence-corrected chi connectivity index (χ0v) is 10.3. The van der Waals surface area contributed by atoms with Crippen LogP contribution in [0.5, 0.6) is 0 Å². The maximum Gasteiger partial charge on any atom is 0.289 e. The number of piperidine rings is 1. The van der Waals surface area contributed by atoms with Crippen molar-refractivity contribution in [1.82, 2.24) is 0 Å². The van der Waals surface area contributed by atoms with Crippen LogP contribution in [0.4, 0.5) is 11.4 Å². The molecule has 0 radical (unpaired) electrons. The van der Waals surface area contributed by atoms with E-state index in [-0.39, 0.29) is 16.6 Å². The van der Waals surface area contributed by atoms with Crippen molar-refractivity contribution in [1.29, 1.82) is 0 Å². The van der Waals surface area contributed by atoms with Gasteiger partial charge in [0.05, 0.1) is 16.7 Å². The van der Waals surface area contributed by atoms with Gasteiger partial charge in [0.25, 0.3) is 5.69 Å². The molecule has 0 aliphatic carbocycles. The Balaban J connectivity index is 2.36. The van der Waals surface area contributed by atoms with Crippen LogP contribution in [0.1, 0.15) is 12.8 Å². The molecule has 1 aliphatic heterocycles. The molecule has 1 fully saturated rings. The number of hydrogen-bond acceptors (Lipinski definition) is 4. The largest absolute Gasteiger partial charge is 0.320 e. The average Bonchev–Trinajstić information content (AvgIpc) is 2.33. The molecule has 96 valence electrons. The van der Waals surface area contributed by atoms with Crippen LogP contribution in [0.3, 0.4) is 0 Å². The number of benzene rings is 1. The molecule has 0 spiro atoms. The van der Waals surface area contributed by atoms with Crippen LogP contribution in [0.25, 0.3) is 0 Å². The third-order valence-electron chi connectivity index (χ3n) is 2.92. The van der Waals surface area contributed by atoms with E-state index in [4.69, 9.17) is 17.3 Å². The van der Waals surface area contributed by atoms with Gasteiger partial charge in [-0.15, -0.1) is 0 Å². The van der Waals surface area contributed by atoms with Crippen LogP contribution in [-0.2, 0) is 4.79 Å². The second-order valence-corrected chi connectivity index (χ2v) is 4.54. The number of rotatable bonds is 2. The van der Waals surface area contributed by atoms with Gasteiger partial charge < -0.3 is 10.6 Å². The Morgan fingerprint density at radius 1 is 1.50 bits per heavy atom. The van der Waals surface area contributed by atoms with E-state index in [1.165, 1.54) is 17.0 Å². The molecule has 7 heteroatoms. The van der Waals surface area contributed by atoms with Gasteiger partial charge >= 0.3 is 0 Å². The molecule has 6 nitrogen and oxygen atoms in total. The first kappa shape index (κ1) is 12.8. The number of nitro groups is 1. The van der Waals surface area contributed by atoms with E-state index in [9.17, 15) is 14.9 Å². The van der Waals surface area contributed by atoms with Gasteiger partial charge in [0, 0.05) is 12.6 Å². The number of amides is 1. The van der Waals surface area contributed by atoms with Gasteiger partial charge in [-0.3, -0.25) is 14.9 Å². The molecule has 2 rings (SSSR count). The highest BCUT2D eigenvalue weighted by atomic mass is 35.5. The monoisotopic (exact) mass is 269 g/mol. The van der Waals surface area contributed by atoms with Crippen LogP contribution in [-0.4, -0.2) is 23.4 Å². The second-order valence-electron chi connectivity index (χ2n) is 4.13. The fourth-order valence-electron chi connectivity index (χ4n) is 1.97. The Kier molecular flexibility index (Phi) is 3.49. The van der Waals surface area contributed by atoms with Gasteiger partial charge in [0.1, 0.15) is 5.02 Å². The first-order valence-electron chi connectivity index (χ1n) is 5.51. The highest BCUT2D eigenvalue weighted by molar-refractivity contribution is 6.32. The Morgan fingerprint density at radius 3 is 2.89 bits per heavy atom. The zero-order valence-electron chi connectivity index (χ0n) is 9.51. The van der Waals surface area contributed by atoms with Crippen molar-refractivity contribution < 1.29 is 9.72 Å². The average molecular weight is 270 g/mol. The van der Waals surface area contributed by atoms with E-state index < -0.39 is 11.0 Å². The molecule has 1 atom stereocenters. The molecule has 18 heavy (non-hydrogen) atoms. The molecular formula is C11H12ClN3O3. The second kappa shape index (κ2) is 4.91. The molecule has 1 aromatic rings. The minimum absolute atomic E-state index is 0.0532. The molecule has 1 saturated heterocycles. The summed E-state index contributed by atoms with van der Waals surface area (Å²) >= 11 is 5.73. The molecule has 1 amide bonds.